The lowest BCUT2D eigenvalue weighted by Crippen LogP contribution is -2.03. The molecule has 1 unspecified atom stereocenters. The molecule has 0 aliphatic rings. The lowest BCUT2D eigenvalue weighted by atomic mass is 10.3. The lowest BCUT2D eigenvalue weighted by Gasteiger charge is -2.04. The van der Waals surface area contributed by atoms with E-state index in [1.54, 1.807) is 17.8 Å². The van der Waals surface area contributed by atoms with E-state index in [9.17, 15) is 4.21 Å². The van der Waals surface area contributed by atoms with Gasteiger partial charge in [-0.1, -0.05) is 19.1 Å². The second-order valence-electron chi connectivity index (χ2n) is 2.78. The smallest absolute Gasteiger partial charge is 0.0617 e. The van der Waals surface area contributed by atoms with Gasteiger partial charge in [0.05, 0.1) is 15.7 Å². The summed E-state index contributed by atoms with van der Waals surface area (Å²) in [6.07, 6.45) is 0. The van der Waals surface area contributed by atoms with E-state index in [4.69, 9.17) is 5.73 Å². The van der Waals surface area contributed by atoms with Gasteiger partial charge in [-0.25, -0.2) is 0 Å². The lowest BCUT2D eigenvalue weighted by molar-refractivity contribution is 0.684. The van der Waals surface area contributed by atoms with Gasteiger partial charge in [0.25, 0.3) is 0 Å². The summed E-state index contributed by atoms with van der Waals surface area (Å²) in [5.74, 6) is 2.69. The van der Waals surface area contributed by atoms with Crippen LogP contribution in [-0.4, -0.2) is 21.5 Å². The molecule has 0 heterocycles. The molecule has 0 radical (unpaired) electrons. The van der Waals surface area contributed by atoms with Gasteiger partial charge in [-0.05, 0) is 17.9 Å². The van der Waals surface area contributed by atoms with Crippen LogP contribution in [0.4, 0.5) is 5.69 Å². The van der Waals surface area contributed by atoms with Gasteiger partial charge in [-0.15, -0.1) is 0 Å². The van der Waals surface area contributed by atoms with E-state index in [1.807, 2.05) is 18.2 Å². The van der Waals surface area contributed by atoms with Crippen molar-refractivity contribution in [1.29, 1.82) is 0 Å². The molecular formula is C10H15NOS2. The zero-order valence-electron chi connectivity index (χ0n) is 8.23. The molecule has 0 saturated carbocycles. The maximum Gasteiger partial charge on any atom is 0.0617 e. The third-order valence-electron chi connectivity index (χ3n) is 1.78. The van der Waals surface area contributed by atoms with Crippen molar-refractivity contribution in [2.24, 2.45) is 0 Å². The molecule has 1 aromatic rings. The Morgan fingerprint density at radius 1 is 1.43 bits per heavy atom. The highest BCUT2D eigenvalue weighted by molar-refractivity contribution is 8.00. The van der Waals surface area contributed by atoms with Crippen LogP contribution in [0.3, 0.4) is 0 Å². The van der Waals surface area contributed by atoms with Gasteiger partial charge in [-0.2, -0.15) is 11.8 Å². The molecule has 0 spiro atoms. The molecule has 14 heavy (non-hydrogen) atoms. The summed E-state index contributed by atoms with van der Waals surface area (Å²) >= 11 is 1.80. The minimum absolute atomic E-state index is 0.632. The van der Waals surface area contributed by atoms with Crippen LogP contribution in [0, 0.1) is 0 Å². The second-order valence-corrected chi connectivity index (χ2v) is 5.72. The van der Waals surface area contributed by atoms with Crippen molar-refractivity contribution in [3.63, 3.8) is 0 Å². The number of rotatable bonds is 5. The van der Waals surface area contributed by atoms with Crippen molar-refractivity contribution in [3.8, 4) is 0 Å². The minimum atomic E-state index is -0.942. The maximum absolute atomic E-state index is 11.8. The summed E-state index contributed by atoms with van der Waals surface area (Å²) < 4.78 is 11.8. The summed E-state index contributed by atoms with van der Waals surface area (Å²) in [4.78, 5) is 0.768. The molecule has 1 aromatic carbocycles. The number of nitrogen functional groups attached to an aromatic ring is 1. The Hall–Kier alpha value is -0.480. The normalized spacial score (nSPS) is 12.6. The van der Waals surface area contributed by atoms with Gasteiger partial charge in [0.1, 0.15) is 0 Å². The van der Waals surface area contributed by atoms with Gasteiger partial charge in [-0.3, -0.25) is 4.21 Å². The van der Waals surface area contributed by atoms with Crippen LogP contribution in [0.5, 0.6) is 0 Å². The average molecular weight is 229 g/mol. The average Bonchev–Trinajstić information content (AvgIpc) is 2.18. The number of nitrogens with two attached hydrogens (primary N) is 1. The highest BCUT2D eigenvalue weighted by Crippen LogP contribution is 2.16. The summed E-state index contributed by atoms with van der Waals surface area (Å²) in [6, 6.07) is 7.36. The van der Waals surface area contributed by atoms with Crippen molar-refractivity contribution in [3.05, 3.63) is 24.3 Å². The molecule has 1 atom stereocenters. The SMILES string of the molecule is CCSCCS(=O)c1ccccc1N. The van der Waals surface area contributed by atoms with Gasteiger partial charge in [0.15, 0.2) is 0 Å². The van der Waals surface area contributed by atoms with E-state index in [0.29, 0.717) is 11.4 Å². The highest BCUT2D eigenvalue weighted by atomic mass is 32.2. The summed E-state index contributed by atoms with van der Waals surface area (Å²) in [7, 11) is -0.942. The standard InChI is InChI=1S/C10H15NOS2/c1-2-13-7-8-14(12)10-6-4-3-5-9(10)11/h3-6H,2,7-8,11H2,1H3. The molecule has 2 N–H and O–H groups in total. The molecule has 0 fully saturated rings. The number of thioether (sulfide) groups is 1. The first kappa shape index (κ1) is 11.6. The van der Waals surface area contributed by atoms with Gasteiger partial charge in [0.2, 0.25) is 0 Å². The third-order valence-corrected chi connectivity index (χ3v) is 4.38. The first-order valence-electron chi connectivity index (χ1n) is 4.56. The zero-order chi connectivity index (χ0) is 10.4. The van der Waals surface area contributed by atoms with E-state index in [-0.39, 0.29) is 0 Å². The van der Waals surface area contributed by atoms with Gasteiger partial charge in [0, 0.05) is 17.2 Å². The molecule has 2 nitrogen and oxygen atoms in total. The maximum atomic E-state index is 11.8. The Labute approximate surface area is 91.7 Å². The molecular weight excluding hydrogens is 214 g/mol. The highest BCUT2D eigenvalue weighted by Gasteiger charge is 2.06. The number of hydrogen-bond acceptors (Lipinski definition) is 3. The number of para-hydroxylation sites is 1. The van der Waals surface area contributed by atoms with Crippen molar-refractivity contribution in [2.45, 2.75) is 11.8 Å². The molecule has 78 valence electrons. The van der Waals surface area contributed by atoms with E-state index in [2.05, 4.69) is 6.92 Å². The Balaban J connectivity index is 2.56. The van der Waals surface area contributed by atoms with Crippen LogP contribution in [0.2, 0.25) is 0 Å². The van der Waals surface area contributed by atoms with Crippen molar-refractivity contribution in [1.82, 2.24) is 0 Å². The first-order valence-corrected chi connectivity index (χ1v) is 7.03. The van der Waals surface area contributed by atoms with E-state index in [0.717, 1.165) is 16.4 Å². The first-order chi connectivity index (χ1) is 6.75. The fraction of sp³-hybridized carbons (Fsp3) is 0.400. The minimum Gasteiger partial charge on any atom is -0.398 e. The van der Waals surface area contributed by atoms with Crippen LogP contribution >= 0.6 is 11.8 Å². The van der Waals surface area contributed by atoms with E-state index < -0.39 is 10.8 Å². The fourth-order valence-electron chi connectivity index (χ4n) is 1.08. The number of hydrogen-bond donors (Lipinski definition) is 1. The van der Waals surface area contributed by atoms with Crippen LogP contribution in [0.1, 0.15) is 6.92 Å². The van der Waals surface area contributed by atoms with E-state index in [1.165, 1.54) is 0 Å². The van der Waals surface area contributed by atoms with Crippen LogP contribution < -0.4 is 5.73 Å². The quantitative estimate of drug-likeness (QED) is 0.621. The molecule has 0 aliphatic heterocycles. The predicted octanol–water partition coefficient (Wildman–Crippen LogP) is 2.13. The molecule has 4 heteroatoms. The third kappa shape index (κ3) is 3.35. The van der Waals surface area contributed by atoms with Gasteiger partial charge < -0.3 is 5.73 Å². The van der Waals surface area contributed by atoms with E-state index >= 15 is 0 Å². The summed E-state index contributed by atoms with van der Waals surface area (Å²) in [5.41, 5.74) is 6.36. The Morgan fingerprint density at radius 2 is 2.14 bits per heavy atom. The predicted molar refractivity (Wildman–Crippen MR) is 65.1 cm³/mol. The fourth-order valence-corrected chi connectivity index (χ4v) is 3.22. The molecule has 0 bridgehead atoms. The van der Waals surface area contributed by atoms with Crippen LogP contribution in [0.25, 0.3) is 0 Å². The molecule has 0 amide bonds. The van der Waals surface area contributed by atoms with Crippen LogP contribution in [-0.2, 0) is 10.8 Å². The zero-order valence-corrected chi connectivity index (χ0v) is 9.87. The molecule has 1 rings (SSSR count). The van der Waals surface area contributed by atoms with Crippen LogP contribution in [0.15, 0.2) is 29.2 Å². The topological polar surface area (TPSA) is 43.1 Å². The number of anilines is 1. The summed E-state index contributed by atoms with van der Waals surface area (Å²) in [6.45, 7) is 2.10. The molecule has 0 saturated heterocycles. The van der Waals surface area contributed by atoms with Crippen molar-refractivity contribution < 1.29 is 4.21 Å². The monoisotopic (exact) mass is 229 g/mol. The van der Waals surface area contributed by atoms with Crippen molar-refractivity contribution in [2.75, 3.05) is 23.0 Å². The number of benzene rings is 1. The largest absolute Gasteiger partial charge is 0.398 e. The molecule has 0 aromatic heterocycles. The van der Waals surface area contributed by atoms with Crippen molar-refractivity contribution >= 4 is 28.2 Å². The Morgan fingerprint density at radius 3 is 2.79 bits per heavy atom. The summed E-state index contributed by atoms with van der Waals surface area (Å²) in [5, 5.41) is 0. The Bertz CT molecular complexity index is 315. The Kier molecular flexibility index (Phi) is 5.04. The molecule has 0 aliphatic carbocycles. The second kappa shape index (κ2) is 6.09. The van der Waals surface area contributed by atoms with Gasteiger partial charge >= 0.3 is 0 Å².